The van der Waals surface area contributed by atoms with Gasteiger partial charge in [-0.1, -0.05) is 373 Å². The van der Waals surface area contributed by atoms with Gasteiger partial charge in [0.05, 0.1) is 0 Å². The molecule has 0 amide bonds. The quantitative estimate of drug-likeness (QED) is 0.0261. The van der Waals surface area contributed by atoms with Crippen molar-refractivity contribution in [2.75, 3.05) is 13.2 Å². The molecule has 474 valence electrons. The Morgan fingerprint density at radius 2 is 0.412 bits per heavy atom. The van der Waals surface area contributed by atoms with Crippen LogP contribution in [0.4, 0.5) is 0 Å². The Balaban J connectivity index is 4.13. The smallest absolute Gasteiger partial charge is 0.306 e. The molecule has 0 radical (unpaired) electrons. The molecule has 1 unspecified atom stereocenters. The van der Waals surface area contributed by atoms with Crippen molar-refractivity contribution in [1.82, 2.24) is 0 Å². The third kappa shape index (κ3) is 66.9. The van der Waals surface area contributed by atoms with Gasteiger partial charge in [0.1, 0.15) is 13.2 Å². The normalized spacial score (nSPS) is 12.0. The van der Waals surface area contributed by atoms with Crippen molar-refractivity contribution < 1.29 is 28.6 Å². The number of carbonyl (C=O) groups is 3. The molecular weight excluding hydrogens is 985 g/mol. The molecule has 1 atom stereocenters. The van der Waals surface area contributed by atoms with Crippen LogP contribution in [-0.2, 0) is 28.6 Å². The zero-order chi connectivity index (χ0) is 57.8. The second-order valence-corrected chi connectivity index (χ2v) is 25.2. The Kier molecular flexibility index (Phi) is 68.0. The van der Waals surface area contributed by atoms with Gasteiger partial charge in [0, 0.05) is 19.3 Å². The van der Waals surface area contributed by atoms with Crippen LogP contribution in [0.3, 0.4) is 0 Å². The SMILES string of the molecule is CCCCCCCCCC/C=C\CCCCCCCCCCCCCCCC(=O)OC(COC(=O)CCCCCCCCCCCCC)COC(=O)CCCCCCCCCCCCCCCCCCCCCCCCCCCC. The Morgan fingerprint density at radius 1 is 0.237 bits per heavy atom. The number of carbonyl (C=O) groups excluding carboxylic acids is 3. The first-order chi connectivity index (χ1) is 39.5. The van der Waals surface area contributed by atoms with Crippen molar-refractivity contribution in [2.24, 2.45) is 0 Å². The van der Waals surface area contributed by atoms with E-state index in [1.165, 1.54) is 327 Å². The number of unbranched alkanes of at least 4 members (excludes halogenated alkanes) is 56. The van der Waals surface area contributed by atoms with Gasteiger partial charge in [-0.05, 0) is 44.9 Å². The molecule has 0 fully saturated rings. The third-order valence-corrected chi connectivity index (χ3v) is 17.0. The average Bonchev–Trinajstić information content (AvgIpc) is 3.46. The Labute approximate surface area is 501 Å². The predicted molar refractivity (Wildman–Crippen MR) is 349 cm³/mol. The van der Waals surface area contributed by atoms with Gasteiger partial charge in [0.2, 0.25) is 0 Å². The van der Waals surface area contributed by atoms with Gasteiger partial charge in [0.15, 0.2) is 6.10 Å². The first kappa shape index (κ1) is 78.1. The summed E-state index contributed by atoms with van der Waals surface area (Å²) in [4.78, 5) is 38.4. The Morgan fingerprint density at radius 3 is 0.625 bits per heavy atom. The molecule has 0 aliphatic carbocycles. The highest BCUT2D eigenvalue weighted by molar-refractivity contribution is 5.71. The fourth-order valence-electron chi connectivity index (χ4n) is 11.5. The summed E-state index contributed by atoms with van der Waals surface area (Å²) in [7, 11) is 0. The summed E-state index contributed by atoms with van der Waals surface area (Å²) >= 11 is 0. The molecule has 0 saturated carbocycles. The summed E-state index contributed by atoms with van der Waals surface area (Å²) < 4.78 is 17.0. The topological polar surface area (TPSA) is 78.9 Å². The van der Waals surface area contributed by atoms with Gasteiger partial charge in [-0.15, -0.1) is 0 Å². The molecule has 0 spiro atoms. The molecule has 0 aliphatic rings. The van der Waals surface area contributed by atoms with Gasteiger partial charge < -0.3 is 14.2 Å². The number of allylic oxidation sites excluding steroid dienone is 2. The molecule has 0 aromatic rings. The van der Waals surface area contributed by atoms with Crippen LogP contribution < -0.4 is 0 Å². The molecule has 0 heterocycles. The van der Waals surface area contributed by atoms with E-state index >= 15 is 0 Å². The first-order valence-electron chi connectivity index (χ1n) is 36.7. The molecule has 0 rings (SSSR count). The maximum atomic E-state index is 13.0. The summed E-state index contributed by atoms with van der Waals surface area (Å²) in [5.74, 6) is -0.828. The Bertz CT molecular complexity index is 1250. The zero-order valence-corrected chi connectivity index (χ0v) is 54.6. The molecule has 0 aromatic carbocycles. The van der Waals surface area contributed by atoms with Crippen LogP contribution in [0, 0.1) is 0 Å². The fourth-order valence-corrected chi connectivity index (χ4v) is 11.5. The van der Waals surface area contributed by atoms with E-state index in [2.05, 4.69) is 32.9 Å². The van der Waals surface area contributed by atoms with Gasteiger partial charge in [-0.25, -0.2) is 0 Å². The highest BCUT2D eigenvalue weighted by atomic mass is 16.6. The highest BCUT2D eigenvalue weighted by Crippen LogP contribution is 2.19. The van der Waals surface area contributed by atoms with Crippen molar-refractivity contribution in [3.05, 3.63) is 12.2 Å². The monoisotopic (exact) mass is 1130 g/mol. The van der Waals surface area contributed by atoms with Crippen LogP contribution in [0.2, 0.25) is 0 Å². The van der Waals surface area contributed by atoms with Gasteiger partial charge in [0.25, 0.3) is 0 Å². The second-order valence-electron chi connectivity index (χ2n) is 25.2. The van der Waals surface area contributed by atoms with Gasteiger partial charge in [-0.2, -0.15) is 0 Å². The summed E-state index contributed by atoms with van der Waals surface area (Å²) in [5.41, 5.74) is 0. The lowest BCUT2D eigenvalue weighted by Gasteiger charge is -2.18. The largest absolute Gasteiger partial charge is 0.462 e. The minimum absolute atomic E-state index is 0.0627. The van der Waals surface area contributed by atoms with Crippen LogP contribution >= 0.6 is 0 Å². The van der Waals surface area contributed by atoms with Crippen LogP contribution in [0.25, 0.3) is 0 Å². The van der Waals surface area contributed by atoms with Crippen molar-refractivity contribution in [3.8, 4) is 0 Å². The summed E-state index contributed by atoms with van der Waals surface area (Å²) in [6.45, 7) is 6.73. The summed E-state index contributed by atoms with van der Waals surface area (Å²) in [6.07, 6.45) is 84.0. The molecule has 0 aromatic heterocycles. The van der Waals surface area contributed by atoms with Crippen LogP contribution in [0.5, 0.6) is 0 Å². The number of ether oxygens (including phenoxy) is 3. The lowest BCUT2D eigenvalue weighted by atomic mass is 10.0. The van der Waals surface area contributed by atoms with E-state index in [1.54, 1.807) is 0 Å². The zero-order valence-electron chi connectivity index (χ0n) is 54.6. The van der Waals surface area contributed by atoms with E-state index in [0.29, 0.717) is 19.3 Å². The molecule has 0 aliphatic heterocycles. The number of hydrogen-bond donors (Lipinski definition) is 0. The summed E-state index contributed by atoms with van der Waals surface area (Å²) in [6, 6.07) is 0. The fraction of sp³-hybridized carbons (Fsp3) is 0.932. The molecule has 0 saturated heterocycles. The van der Waals surface area contributed by atoms with E-state index in [-0.39, 0.29) is 31.1 Å². The number of esters is 3. The molecule has 0 N–H and O–H groups in total. The summed E-state index contributed by atoms with van der Waals surface area (Å²) in [5, 5.41) is 0. The second kappa shape index (κ2) is 69.6. The van der Waals surface area contributed by atoms with Crippen LogP contribution in [-0.4, -0.2) is 37.2 Å². The molecule has 6 heteroatoms. The highest BCUT2D eigenvalue weighted by Gasteiger charge is 2.20. The molecule has 80 heavy (non-hydrogen) atoms. The van der Waals surface area contributed by atoms with Crippen molar-refractivity contribution in [3.63, 3.8) is 0 Å². The minimum Gasteiger partial charge on any atom is -0.462 e. The van der Waals surface area contributed by atoms with E-state index in [0.717, 1.165) is 57.8 Å². The number of hydrogen-bond acceptors (Lipinski definition) is 6. The van der Waals surface area contributed by atoms with Crippen molar-refractivity contribution in [1.29, 1.82) is 0 Å². The lowest BCUT2D eigenvalue weighted by Crippen LogP contribution is -2.30. The predicted octanol–water partition coefficient (Wildman–Crippen LogP) is 25.2. The lowest BCUT2D eigenvalue weighted by molar-refractivity contribution is -0.167. The molecular formula is C74H142O6. The number of rotatable bonds is 69. The maximum Gasteiger partial charge on any atom is 0.306 e. The van der Waals surface area contributed by atoms with Crippen LogP contribution in [0.1, 0.15) is 425 Å². The van der Waals surface area contributed by atoms with E-state index in [4.69, 9.17) is 14.2 Å². The first-order valence-corrected chi connectivity index (χ1v) is 36.7. The maximum absolute atomic E-state index is 13.0. The molecule has 0 bridgehead atoms. The molecule has 6 nitrogen and oxygen atoms in total. The average molecular weight is 1130 g/mol. The van der Waals surface area contributed by atoms with Crippen molar-refractivity contribution >= 4 is 17.9 Å². The Hall–Kier alpha value is -1.85. The standard InChI is InChI=1S/C74H142O6/c1-4-7-10-13-16-19-22-24-26-28-30-32-34-36-38-39-41-43-45-47-49-52-55-58-61-64-67-73(76)79-70-71(69-78-72(75)66-63-60-57-54-51-21-18-15-12-9-6-3)80-74(77)68-65-62-59-56-53-50-48-46-44-42-40-37-35-33-31-29-27-25-23-20-17-14-11-8-5-2/h29,31,71H,4-28,30,32-70H2,1-3H3/b31-29-. The van der Waals surface area contributed by atoms with E-state index < -0.39 is 6.10 Å². The van der Waals surface area contributed by atoms with Crippen molar-refractivity contribution in [2.45, 2.75) is 431 Å². The minimum atomic E-state index is -0.766. The van der Waals surface area contributed by atoms with Crippen LogP contribution in [0.15, 0.2) is 12.2 Å². The van der Waals surface area contributed by atoms with Gasteiger partial charge in [-0.3, -0.25) is 14.4 Å². The third-order valence-electron chi connectivity index (χ3n) is 17.0. The van der Waals surface area contributed by atoms with E-state index in [1.807, 2.05) is 0 Å². The van der Waals surface area contributed by atoms with E-state index in [9.17, 15) is 14.4 Å². The van der Waals surface area contributed by atoms with Gasteiger partial charge >= 0.3 is 17.9 Å².